The van der Waals surface area contributed by atoms with Gasteiger partial charge in [0.2, 0.25) is 5.91 Å². The summed E-state index contributed by atoms with van der Waals surface area (Å²) in [4.78, 5) is 14.7. The molecule has 1 amide bonds. The molecule has 6 nitrogen and oxygen atoms in total. The van der Waals surface area contributed by atoms with Crippen LogP contribution in [0.5, 0.6) is 11.5 Å². The second-order valence-corrected chi connectivity index (χ2v) is 7.73. The van der Waals surface area contributed by atoms with Crippen LogP contribution in [0.4, 0.5) is 5.69 Å². The van der Waals surface area contributed by atoms with Gasteiger partial charge in [-0.25, -0.2) is 0 Å². The molecule has 0 aliphatic carbocycles. The molecule has 0 radical (unpaired) electrons. The SMILES string of the molecule is COC1CCN(CC(=O)Nc2ccc(Oc3ccccc3)cc2)CC12CCCO2. The highest BCUT2D eigenvalue weighted by Gasteiger charge is 2.47. The fourth-order valence-electron chi connectivity index (χ4n) is 4.32. The number of piperidine rings is 1. The first-order chi connectivity index (χ1) is 14.2. The van der Waals surface area contributed by atoms with Gasteiger partial charge in [-0.15, -0.1) is 0 Å². The maximum Gasteiger partial charge on any atom is 0.238 e. The van der Waals surface area contributed by atoms with Crippen LogP contribution in [0, 0.1) is 0 Å². The van der Waals surface area contributed by atoms with E-state index in [9.17, 15) is 4.79 Å². The summed E-state index contributed by atoms with van der Waals surface area (Å²) < 4.78 is 17.5. The third-order valence-corrected chi connectivity index (χ3v) is 5.69. The zero-order valence-electron chi connectivity index (χ0n) is 16.8. The average Bonchev–Trinajstić information content (AvgIpc) is 3.19. The number of benzene rings is 2. The molecule has 2 aromatic rings. The van der Waals surface area contributed by atoms with Crippen molar-refractivity contribution in [3.8, 4) is 11.5 Å². The van der Waals surface area contributed by atoms with E-state index in [1.165, 1.54) is 0 Å². The smallest absolute Gasteiger partial charge is 0.238 e. The Balaban J connectivity index is 1.30. The zero-order valence-corrected chi connectivity index (χ0v) is 16.8. The second-order valence-electron chi connectivity index (χ2n) is 7.73. The molecule has 154 valence electrons. The van der Waals surface area contributed by atoms with Gasteiger partial charge in [0.25, 0.3) is 0 Å². The molecule has 6 heteroatoms. The summed E-state index contributed by atoms with van der Waals surface area (Å²) in [5.74, 6) is 1.49. The molecule has 2 unspecified atom stereocenters. The summed E-state index contributed by atoms with van der Waals surface area (Å²) in [6.45, 7) is 2.70. The molecule has 0 bridgehead atoms. The number of anilines is 1. The van der Waals surface area contributed by atoms with Crippen molar-refractivity contribution < 1.29 is 19.0 Å². The molecule has 0 aromatic heterocycles. The third-order valence-electron chi connectivity index (χ3n) is 5.69. The monoisotopic (exact) mass is 396 g/mol. The normalized spacial score (nSPS) is 24.5. The van der Waals surface area contributed by atoms with Gasteiger partial charge < -0.3 is 19.5 Å². The van der Waals surface area contributed by atoms with Gasteiger partial charge in [-0.2, -0.15) is 0 Å². The first-order valence-electron chi connectivity index (χ1n) is 10.2. The van der Waals surface area contributed by atoms with Crippen LogP contribution < -0.4 is 10.1 Å². The number of hydrogen-bond donors (Lipinski definition) is 1. The lowest BCUT2D eigenvalue weighted by molar-refractivity contribution is -0.146. The zero-order chi connectivity index (χ0) is 20.1. The highest BCUT2D eigenvalue weighted by molar-refractivity contribution is 5.92. The van der Waals surface area contributed by atoms with E-state index in [1.54, 1.807) is 7.11 Å². The number of nitrogens with one attached hydrogen (secondary N) is 1. The van der Waals surface area contributed by atoms with Crippen molar-refractivity contribution in [3.63, 3.8) is 0 Å². The van der Waals surface area contributed by atoms with Crippen LogP contribution in [-0.4, -0.2) is 55.9 Å². The van der Waals surface area contributed by atoms with Gasteiger partial charge in [-0.1, -0.05) is 18.2 Å². The van der Waals surface area contributed by atoms with Gasteiger partial charge in [-0.05, 0) is 55.7 Å². The van der Waals surface area contributed by atoms with Crippen molar-refractivity contribution in [1.29, 1.82) is 0 Å². The van der Waals surface area contributed by atoms with E-state index in [4.69, 9.17) is 14.2 Å². The minimum atomic E-state index is -0.260. The van der Waals surface area contributed by atoms with E-state index in [2.05, 4.69) is 10.2 Å². The molecule has 2 aliphatic rings. The molecule has 2 atom stereocenters. The molecule has 2 saturated heterocycles. The predicted octanol–water partition coefficient (Wildman–Crippen LogP) is 3.69. The number of para-hydroxylation sites is 1. The number of amides is 1. The lowest BCUT2D eigenvalue weighted by atomic mass is 9.87. The Morgan fingerprint density at radius 3 is 2.62 bits per heavy atom. The van der Waals surface area contributed by atoms with Gasteiger partial charge in [0.1, 0.15) is 17.1 Å². The van der Waals surface area contributed by atoms with Gasteiger partial charge in [0.15, 0.2) is 0 Å². The summed E-state index contributed by atoms with van der Waals surface area (Å²) in [5.41, 5.74) is 0.498. The Labute approximate surface area is 171 Å². The molecule has 1 spiro atoms. The van der Waals surface area contributed by atoms with Crippen molar-refractivity contribution in [3.05, 3.63) is 54.6 Å². The molecule has 2 fully saturated rings. The standard InChI is InChI=1S/C23H28N2O4/c1-27-21-12-14-25(17-23(21)13-5-15-28-23)16-22(26)24-18-8-10-20(11-9-18)29-19-6-3-2-4-7-19/h2-4,6-11,21H,5,12-17H2,1H3,(H,24,26). The van der Waals surface area contributed by atoms with Crippen LogP contribution >= 0.6 is 0 Å². The predicted molar refractivity (Wildman–Crippen MR) is 111 cm³/mol. The quantitative estimate of drug-likeness (QED) is 0.807. The van der Waals surface area contributed by atoms with Crippen LogP contribution in [0.25, 0.3) is 0 Å². The highest BCUT2D eigenvalue weighted by Crippen LogP contribution is 2.36. The first-order valence-corrected chi connectivity index (χ1v) is 10.2. The van der Waals surface area contributed by atoms with Gasteiger partial charge in [0, 0.05) is 32.5 Å². The Kier molecular flexibility index (Phi) is 6.13. The summed E-state index contributed by atoms with van der Waals surface area (Å²) >= 11 is 0. The minimum absolute atomic E-state index is 0.0225. The van der Waals surface area contributed by atoms with Crippen molar-refractivity contribution in [2.24, 2.45) is 0 Å². The number of ether oxygens (including phenoxy) is 3. The number of carbonyl (C=O) groups excluding carboxylic acids is 1. The van der Waals surface area contributed by atoms with Crippen LogP contribution in [-0.2, 0) is 14.3 Å². The summed E-state index contributed by atoms with van der Waals surface area (Å²) in [6.07, 6.45) is 3.04. The molecular formula is C23H28N2O4. The fourth-order valence-corrected chi connectivity index (χ4v) is 4.32. The number of hydrogen-bond acceptors (Lipinski definition) is 5. The van der Waals surface area contributed by atoms with Gasteiger partial charge >= 0.3 is 0 Å². The number of likely N-dealkylation sites (tertiary alicyclic amines) is 1. The van der Waals surface area contributed by atoms with E-state index in [1.807, 2.05) is 54.6 Å². The lowest BCUT2D eigenvalue weighted by Crippen LogP contribution is -2.58. The molecule has 2 aliphatic heterocycles. The van der Waals surface area contributed by atoms with Crippen LogP contribution in [0.2, 0.25) is 0 Å². The van der Waals surface area contributed by atoms with Crippen LogP contribution in [0.3, 0.4) is 0 Å². The molecular weight excluding hydrogens is 368 g/mol. The van der Waals surface area contributed by atoms with Crippen molar-refractivity contribution in [2.45, 2.75) is 31.0 Å². The summed E-state index contributed by atoms with van der Waals surface area (Å²) in [7, 11) is 1.75. The molecule has 1 N–H and O–H groups in total. The Hall–Kier alpha value is -2.41. The highest BCUT2D eigenvalue weighted by atomic mass is 16.6. The Morgan fingerprint density at radius 1 is 1.17 bits per heavy atom. The maximum absolute atomic E-state index is 12.6. The maximum atomic E-state index is 12.6. The first kappa shape index (κ1) is 19.9. The molecule has 29 heavy (non-hydrogen) atoms. The largest absolute Gasteiger partial charge is 0.457 e. The van der Waals surface area contributed by atoms with E-state index < -0.39 is 0 Å². The number of nitrogens with zero attached hydrogens (tertiary/aromatic N) is 1. The van der Waals surface area contributed by atoms with E-state index in [0.717, 1.165) is 56.1 Å². The van der Waals surface area contributed by atoms with Gasteiger partial charge in [0.05, 0.1) is 12.6 Å². The fraction of sp³-hybridized carbons (Fsp3) is 0.435. The Morgan fingerprint density at radius 2 is 1.93 bits per heavy atom. The van der Waals surface area contributed by atoms with Crippen molar-refractivity contribution in [2.75, 3.05) is 38.7 Å². The molecule has 0 saturated carbocycles. The van der Waals surface area contributed by atoms with Crippen molar-refractivity contribution >= 4 is 11.6 Å². The van der Waals surface area contributed by atoms with Crippen LogP contribution in [0.1, 0.15) is 19.3 Å². The molecule has 4 rings (SSSR count). The molecule has 2 heterocycles. The van der Waals surface area contributed by atoms with Crippen LogP contribution in [0.15, 0.2) is 54.6 Å². The lowest BCUT2D eigenvalue weighted by Gasteiger charge is -2.44. The van der Waals surface area contributed by atoms with E-state index >= 15 is 0 Å². The van der Waals surface area contributed by atoms with Gasteiger partial charge in [-0.3, -0.25) is 9.69 Å². The number of rotatable bonds is 6. The summed E-state index contributed by atoms with van der Waals surface area (Å²) in [6, 6.07) is 17.0. The van der Waals surface area contributed by atoms with Crippen molar-refractivity contribution in [1.82, 2.24) is 4.90 Å². The van der Waals surface area contributed by atoms with E-state index in [0.29, 0.717) is 6.54 Å². The second kappa shape index (κ2) is 8.95. The van der Waals surface area contributed by atoms with E-state index in [-0.39, 0.29) is 17.6 Å². The Bertz CT molecular complexity index is 803. The summed E-state index contributed by atoms with van der Waals surface area (Å²) in [5, 5.41) is 2.98. The number of carbonyl (C=O) groups is 1. The minimum Gasteiger partial charge on any atom is -0.457 e. The molecule has 2 aromatic carbocycles. The third kappa shape index (κ3) is 4.78. The average molecular weight is 396 g/mol. The number of methoxy groups -OCH3 is 1. The topological polar surface area (TPSA) is 60.0 Å².